The molecule has 6 nitrogen and oxygen atoms in total. The Bertz CT molecular complexity index is 1010. The van der Waals surface area contributed by atoms with Crippen LogP contribution < -0.4 is 5.32 Å². The molecule has 2 aromatic carbocycles. The Morgan fingerprint density at radius 3 is 2.33 bits per heavy atom. The van der Waals surface area contributed by atoms with E-state index in [0.717, 1.165) is 16.5 Å². The van der Waals surface area contributed by atoms with Gasteiger partial charge in [0.15, 0.2) is 0 Å². The molecule has 0 aliphatic carbocycles. The summed E-state index contributed by atoms with van der Waals surface area (Å²) in [7, 11) is 0. The number of amides is 3. The molecule has 0 unspecified atom stereocenters. The van der Waals surface area contributed by atoms with Gasteiger partial charge in [-0.2, -0.15) is 0 Å². The van der Waals surface area contributed by atoms with Gasteiger partial charge < -0.3 is 19.5 Å². The Kier molecular flexibility index (Phi) is 9.13. The summed E-state index contributed by atoms with van der Waals surface area (Å²) in [5.41, 5.74) is 1.84. The predicted molar refractivity (Wildman–Crippen MR) is 134 cm³/mol. The zero-order chi connectivity index (χ0) is 23.6. The van der Waals surface area contributed by atoms with Crippen LogP contribution in [0.1, 0.15) is 25.2 Å². The van der Waals surface area contributed by atoms with Gasteiger partial charge in [0.05, 0.1) is 12.8 Å². The van der Waals surface area contributed by atoms with E-state index in [4.69, 9.17) is 4.42 Å². The minimum Gasteiger partial charge on any atom is -0.467 e. The van der Waals surface area contributed by atoms with Crippen LogP contribution in [0.3, 0.4) is 0 Å². The van der Waals surface area contributed by atoms with E-state index in [1.807, 2.05) is 80.6 Å². The molecule has 3 rings (SSSR count). The molecule has 3 amide bonds. The highest BCUT2D eigenvalue weighted by Crippen LogP contribution is 2.15. The molecule has 0 bridgehead atoms. The van der Waals surface area contributed by atoms with Gasteiger partial charge in [0.1, 0.15) is 12.3 Å². The minimum absolute atomic E-state index is 0.00393. The van der Waals surface area contributed by atoms with Crippen molar-refractivity contribution < 1.29 is 14.0 Å². The van der Waals surface area contributed by atoms with E-state index in [2.05, 4.69) is 21.2 Å². The summed E-state index contributed by atoms with van der Waals surface area (Å²) in [6.45, 7) is 5.42. The van der Waals surface area contributed by atoms with Crippen molar-refractivity contribution in [1.82, 2.24) is 9.80 Å². The van der Waals surface area contributed by atoms with E-state index in [1.54, 1.807) is 16.1 Å². The summed E-state index contributed by atoms with van der Waals surface area (Å²) < 4.78 is 6.41. The summed E-state index contributed by atoms with van der Waals surface area (Å²) >= 11 is 3.40. The van der Waals surface area contributed by atoms with Crippen LogP contribution in [0.4, 0.5) is 10.5 Å². The molecule has 0 radical (unpaired) electrons. The number of furan rings is 1. The van der Waals surface area contributed by atoms with E-state index in [9.17, 15) is 9.59 Å². The molecule has 1 aromatic heterocycles. The monoisotopic (exact) mass is 511 g/mol. The number of nitrogens with zero attached hydrogens (tertiary/aromatic N) is 2. The van der Waals surface area contributed by atoms with Gasteiger partial charge in [-0.3, -0.25) is 4.79 Å². The number of hydrogen-bond donors (Lipinski definition) is 1. The van der Waals surface area contributed by atoms with Crippen LogP contribution in [0.15, 0.2) is 81.9 Å². The molecule has 174 valence electrons. The maximum atomic E-state index is 13.3. The Labute approximate surface area is 203 Å². The fourth-order valence-corrected chi connectivity index (χ4v) is 3.71. The second-order valence-corrected chi connectivity index (χ2v) is 9.26. The Morgan fingerprint density at radius 2 is 1.70 bits per heavy atom. The Balaban J connectivity index is 1.70. The van der Waals surface area contributed by atoms with Gasteiger partial charge in [0.25, 0.3) is 0 Å². The Hall–Kier alpha value is -3.06. The molecule has 33 heavy (non-hydrogen) atoms. The van der Waals surface area contributed by atoms with Crippen LogP contribution in [0.25, 0.3) is 0 Å². The smallest absolute Gasteiger partial charge is 0.322 e. The van der Waals surface area contributed by atoms with E-state index in [0.29, 0.717) is 31.1 Å². The lowest BCUT2D eigenvalue weighted by Crippen LogP contribution is -2.46. The number of nitrogens with one attached hydrogen (secondary N) is 1. The highest BCUT2D eigenvalue weighted by molar-refractivity contribution is 9.10. The first-order valence-electron chi connectivity index (χ1n) is 11.1. The molecular formula is C26H30BrN3O3. The SMILES string of the molecule is CC(C)CN(CC(=O)N(CCc1ccccc1)Cc1ccco1)C(=O)Nc1ccc(Br)cc1. The van der Waals surface area contributed by atoms with Crippen LogP contribution in [-0.2, 0) is 17.8 Å². The topological polar surface area (TPSA) is 65.8 Å². The van der Waals surface area contributed by atoms with Crippen molar-refractivity contribution in [2.24, 2.45) is 5.92 Å². The van der Waals surface area contributed by atoms with Crippen molar-refractivity contribution in [1.29, 1.82) is 0 Å². The summed E-state index contributed by atoms with van der Waals surface area (Å²) in [5.74, 6) is 0.816. The molecule has 7 heteroatoms. The molecule has 3 aromatic rings. The fourth-order valence-electron chi connectivity index (χ4n) is 3.45. The fraction of sp³-hybridized carbons (Fsp3) is 0.308. The lowest BCUT2D eigenvalue weighted by atomic mass is 10.1. The molecule has 0 spiro atoms. The lowest BCUT2D eigenvalue weighted by Gasteiger charge is -2.28. The summed E-state index contributed by atoms with van der Waals surface area (Å²) in [6.07, 6.45) is 2.33. The van der Waals surface area contributed by atoms with Crippen LogP contribution >= 0.6 is 15.9 Å². The second-order valence-electron chi connectivity index (χ2n) is 8.34. The number of hydrogen-bond acceptors (Lipinski definition) is 3. The van der Waals surface area contributed by atoms with Crippen LogP contribution in [0, 0.1) is 5.92 Å². The van der Waals surface area contributed by atoms with Crippen molar-refractivity contribution >= 4 is 33.6 Å². The van der Waals surface area contributed by atoms with Gasteiger partial charge >= 0.3 is 6.03 Å². The normalized spacial score (nSPS) is 10.8. The van der Waals surface area contributed by atoms with Crippen molar-refractivity contribution in [3.8, 4) is 0 Å². The van der Waals surface area contributed by atoms with E-state index >= 15 is 0 Å². The second kappa shape index (κ2) is 12.3. The first-order valence-corrected chi connectivity index (χ1v) is 11.9. The molecule has 0 aliphatic rings. The molecular weight excluding hydrogens is 482 g/mol. The Morgan fingerprint density at radius 1 is 0.970 bits per heavy atom. The summed E-state index contributed by atoms with van der Waals surface area (Å²) in [4.78, 5) is 29.7. The quantitative estimate of drug-likeness (QED) is 0.373. The van der Waals surface area contributed by atoms with Crippen molar-refractivity contribution in [2.75, 3.05) is 25.0 Å². The molecule has 0 aliphatic heterocycles. The molecule has 0 saturated carbocycles. The third-order valence-corrected chi connectivity index (χ3v) is 5.62. The van der Waals surface area contributed by atoms with Gasteiger partial charge in [0.2, 0.25) is 5.91 Å². The number of halogens is 1. The van der Waals surface area contributed by atoms with Crippen LogP contribution in [0.5, 0.6) is 0 Å². The average molecular weight is 512 g/mol. The number of carbonyl (C=O) groups excluding carboxylic acids is 2. The molecule has 0 atom stereocenters. The highest BCUT2D eigenvalue weighted by Gasteiger charge is 2.23. The largest absolute Gasteiger partial charge is 0.467 e. The van der Waals surface area contributed by atoms with Gasteiger partial charge in [0, 0.05) is 23.2 Å². The number of urea groups is 1. The van der Waals surface area contributed by atoms with Crippen molar-refractivity contribution in [3.05, 3.63) is 88.8 Å². The minimum atomic E-state index is -0.291. The molecule has 0 saturated heterocycles. The highest BCUT2D eigenvalue weighted by atomic mass is 79.9. The molecule has 1 N–H and O–H groups in total. The number of carbonyl (C=O) groups is 2. The van der Waals surface area contributed by atoms with E-state index < -0.39 is 0 Å². The first kappa shape index (κ1) is 24.6. The van der Waals surface area contributed by atoms with Gasteiger partial charge in [-0.1, -0.05) is 60.1 Å². The number of anilines is 1. The van der Waals surface area contributed by atoms with E-state index in [1.165, 1.54) is 0 Å². The molecule has 1 heterocycles. The maximum Gasteiger partial charge on any atom is 0.322 e. The third-order valence-electron chi connectivity index (χ3n) is 5.09. The predicted octanol–water partition coefficient (Wildman–Crippen LogP) is 5.80. The zero-order valence-corrected chi connectivity index (χ0v) is 20.6. The third kappa shape index (κ3) is 8.09. The summed E-state index contributed by atoms with van der Waals surface area (Å²) in [6, 6.07) is 20.8. The van der Waals surface area contributed by atoms with Gasteiger partial charge in [-0.25, -0.2) is 4.79 Å². The average Bonchev–Trinajstić information content (AvgIpc) is 3.31. The van der Waals surface area contributed by atoms with Crippen LogP contribution in [0.2, 0.25) is 0 Å². The van der Waals surface area contributed by atoms with Crippen molar-refractivity contribution in [3.63, 3.8) is 0 Å². The van der Waals surface area contributed by atoms with E-state index in [-0.39, 0.29) is 24.4 Å². The standard InChI is InChI=1S/C26H30BrN3O3/c1-20(2)17-30(26(32)28-23-12-10-22(27)11-13-23)19-25(31)29(18-24-9-6-16-33-24)15-14-21-7-4-3-5-8-21/h3-13,16,20H,14-15,17-19H2,1-2H3,(H,28,32). The van der Waals surface area contributed by atoms with Crippen LogP contribution in [-0.4, -0.2) is 41.4 Å². The first-order chi connectivity index (χ1) is 15.9. The van der Waals surface area contributed by atoms with Crippen molar-refractivity contribution in [2.45, 2.75) is 26.8 Å². The lowest BCUT2D eigenvalue weighted by molar-refractivity contribution is -0.132. The number of rotatable bonds is 10. The molecule has 0 fully saturated rings. The van der Waals surface area contributed by atoms with Gasteiger partial charge in [-0.05, 0) is 54.3 Å². The maximum absolute atomic E-state index is 13.3. The zero-order valence-electron chi connectivity index (χ0n) is 19.0. The number of benzene rings is 2. The van der Waals surface area contributed by atoms with Gasteiger partial charge in [-0.15, -0.1) is 0 Å². The summed E-state index contributed by atoms with van der Waals surface area (Å²) in [5, 5.41) is 2.90.